The lowest BCUT2D eigenvalue weighted by Gasteiger charge is -2.10. The molecular weight excluding hydrogens is 276 g/mol. The molecule has 0 unspecified atom stereocenters. The lowest BCUT2D eigenvalue weighted by Crippen LogP contribution is -2.00. The highest BCUT2D eigenvalue weighted by molar-refractivity contribution is 5.62. The molecule has 2 heterocycles. The van der Waals surface area contributed by atoms with Crippen molar-refractivity contribution in [1.82, 2.24) is 15.0 Å². The summed E-state index contributed by atoms with van der Waals surface area (Å²) in [6.07, 6.45) is 3.51. The van der Waals surface area contributed by atoms with Crippen LogP contribution in [-0.2, 0) is 0 Å². The smallest absolute Gasteiger partial charge is 0.212 e. The molecular formula is C17H16N4O. The van der Waals surface area contributed by atoms with Crippen LogP contribution in [-0.4, -0.2) is 22.1 Å². The van der Waals surface area contributed by atoms with Crippen molar-refractivity contribution in [2.24, 2.45) is 0 Å². The fourth-order valence-electron chi connectivity index (χ4n) is 2.00. The molecule has 110 valence electrons. The van der Waals surface area contributed by atoms with Crippen LogP contribution in [0.15, 0.2) is 54.9 Å². The Kier molecular flexibility index (Phi) is 3.96. The normalized spacial score (nSPS) is 10.3. The summed E-state index contributed by atoms with van der Waals surface area (Å²) in [5.41, 5.74) is 2.81. The average Bonchev–Trinajstić information content (AvgIpc) is 2.58. The second-order valence-electron chi connectivity index (χ2n) is 4.81. The fourth-order valence-corrected chi connectivity index (χ4v) is 2.00. The second kappa shape index (κ2) is 6.22. The van der Waals surface area contributed by atoms with E-state index in [0.29, 0.717) is 11.7 Å². The van der Waals surface area contributed by atoms with Crippen LogP contribution in [0, 0.1) is 6.92 Å². The van der Waals surface area contributed by atoms with Crippen molar-refractivity contribution >= 4 is 11.5 Å². The van der Waals surface area contributed by atoms with Crippen molar-refractivity contribution in [2.75, 3.05) is 12.4 Å². The predicted molar refractivity (Wildman–Crippen MR) is 86.3 cm³/mol. The van der Waals surface area contributed by atoms with E-state index < -0.39 is 0 Å². The summed E-state index contributed by atoms with van der Waals surface area (Å²) in [5, 5.41) is 3.31. The Morgan fingerprint density at radius 3 is 2.45 bits per heavy atom. The molecule has 0 radical (unpaired) electrons. The molecule has 0 aliphatic carbocycles. The lowest BCUT2D eigenvalue weighted by atomic mass is 10.2. The number of nitrogens with zero attached hydrogens (tertiary/aromatic N) is 3. The summed E-state index contributed by atoms with van der Waals surface area (Å²) in [6.45, 7) is 1.97. The van der Waals surface area contributed by atoms with Gasteiger partial charge in [-0.05, 0) is 25.1 Å². The van der Waals surface area contributed by atoms with E-state index in [-0.39, 0.29) is 0 Å². The van der Waals surface area contributed by atoms with Crippen molar-refractivity contribution in [3.05, 3.63) is 60.4 Å². The number of methoxy groups -OCH3 is 1. The first kappa shape index (κ1) is 14.0. The van der Waals surface area contributed by atoms with Gasteiger partial charge < -0.3 is 10.1 Å². The third-order valence-corrected chi connectivity index (χ3v) is 3.21. The van der Waals surface area contributed by atoms with Crippen LogP contribution in [0.3, 0.4) is 0 Å². The molecule has 0 saturated carbocycles. The molecule has 0 bridgehead atoms. The monoisotopic (exact) mass is 292 g/mol. The highest BCUT2D eigenvalue weighted by Crippen LogP contribution is 2.22. The molecule has 0 amide bonds. The van der Waals surface area contributed by atoms with Crippen molar-refractivity contribution in [2.45, 2.75) is 6.92 Å². The van der Waals surface area contributed by atoms with Crippen LogP contribution < -0.4 is 10.1 Å². The molecule has 0 aliphatic rings. The van der Waals surface area contributed by atoms with Gasteiger partial charge in [0, 0.05) is 35.3 Å². The van der Waals surface area contributed by atoms with E-state index >= 15 is 0 Å². The number of hydrogen-bond donors (Lipinski definition) is 1. The van der Waals surface area contributed by atoms with Gasteiger partial charge in [-0.15, -0.1) is 0 Å². The number of ether oxygens (including phenoxy) is 1. The van der Waals surface area contributed by atoms with E-state index in [1.165, 1.54) is 0 Å². The van der Waals surface area contributed by atoms with E-state index in [1.54, 1.807) is 25.6 Å². The molecule has 0 aliphatic heterocycles. The number of rotatable bonds is 4. The number of nitrogens with one attached hydrogen (secondary N) is 1. The van der Waals surface area contributed by atoms with E-state index in [1.807, 2.05) is 43.3 Å². The van der Waals surface area contributed by atoms with Crippen molar-refractivity contribution in [3.63, 3.8) is 0 Å². The zero-order valence-corrected chi connectivity index (χ0v) is 12.4. The summed E-state index contributed by atoms with van der Waals surface area (Å²) in [5.74, 6) is 1.98. The molecule has 0 atom stereocenters. The Morgan fingerprint density at radius 2 is 1.77 bits per heavy atom. The minimum atomic E-state index is 0.568. The Hall–Kier alpha value is -2.95. The van der Waals surface area contributed by atoms with Gasteiger partial charge in [0.2, 0.25) is 5.88 Å². The minimum absolute atomic E-state index is 0.568. The molecule has 1 aromatic carbocycles. The molecule has 0 spiro atoms. The van der Waals surface area contributed by atoms with Crippen LogP contribution in [0.2, 0.25) is 0 Å². The van der Waals surface area contributed by atoms with E-state index in [9.17, 15) is 0 Å². The number of para-hydroxylation sites is 1. The lowest BCUT2D eigenvalue weighted by molar-refractivity contribution is 0.398. The molecule has 0 saturated heterocycles. The minimum Gasteiger partial charge on any atom is -0.481 e. The summed E-state index contributed by atoms with van der Waals surface area (Å²) >= 11 is 0. The highest BCUT2D eigenvalue weighted by atomic mass is 16.5. The van der Waals surface area contributed by atoms with Crippen molar-refractivity contribution < 1.29 is 4.74 Å². The van der Waals surface area contributed by atoms with Crippen LogP contribution in [0.1, 0.15) is 5.56 Å². The van der Waals surface area contributed by atoms with Gasteiger partial charge in [0.05, 0.1) is 7.11 Å². The first-order valence-corrected chi connectivity index (χ1v) is 6.92. The maximum atomic E-state index is 5.06. The summed E-state index contributed by atoms with van der Waals surface area (Å²) in [6, 6.07) is 13.6. The maximum absolute atomic E-state index is 5.06. The van der Waals surface area contributed by atoms with Crippen LogP contribution in [0.4, 0.5) is 11.5 Å². The third-order valence-electron chi connectivity index (χ3n) is 3.21. The maximum Gasteiger partial charge on any atom is 0.212 e. The second-order valence-corrected chi connectivity index (χ2v) is 4.81. The quantitative estimate of drug-likeness (QED) is 0.796. The molecule has 2 aromatic heterocycles. The molecule has 3 aromatic rings. The van der Waals surface area contributed by atoms with E-state index in [0.717, 1.165) is 22.6 Å². The van der Waals surface area contributed by atoms with Gasteiger partial charge in [-0.1, -0.05) is 18.2 Å². The van der Waals surface area contributed by atoms with Crippen LogP contribution in [0.5, 0.6) is 5.88 Å². The van der Waals surface area contributed by atoms with Gasteiger partial charge in [0.15, 0.2) is 5.82 Å². The van der Waals surface area contributed by atoms with Gasteiger partial charge in [0.1, 0.15) is 5.82 Å². The first-order chi connectivity index (χ1) is 10.8. The van der Waals surface area contributed by atoms with Gasteiger partial charge in [-0.2, -0.15) is 0 Å². The third kappa shape index (κ3) is 3.03. The Bertz CT molecular complexity index is 757. The van der Waals surface area contributed by atoms with Crippen LogP contribution in [0.25, 0.3) is 11.4 Å². The van der Waals surface area contributed by atoms with E-state index in [2.05, 4.69) is 20.3 Å². The van der Waals surface area contributed by atoms with Gasteiger partial charge in [0.25, 0.3) is 0 Å². The zero-order chi connectivity index (χ0) is 15.4. The zero-order valence-electron chi connectivity index (χ0n) is 12.4. The standard InChI is InChI=1S/C17H16N4O/c1-12-10-19-17(13-8-9-15(22-2)18-11-13)21-16(12)20-14-6-4-3-5-7-14/h3-11H,1-2H3,(H,19,20,21). The molecule has 5 heteroatoms. The Morgan fingerprint density at radius 1 is 0.955 bits per heavy atom. The summed E-state index contributed by atoms with van der Waals surface area (Å²) in [7, 11) is 1.59. The number of aryl methyl sites for hydroxylation is 1. The van der Waals surface area contributed by atoms with E-state index in [4.69, 9.17) is 4.74 Å². The largest absolute Gasteiger partial charge is 0.481 e. The number of aromatic nitrogens is 3. The summed E-state index contributed by atoms with van der Waals surface area (Å²) in [4.78, 5) is 13.2. The summed E-state index contributed by atoms with van der Waals surface area (Å²) < 4.78 is 5.06. The van der Waals surface area contributed by atoms with Crippen LogP contribution >= 0.6 is 0 Å². The Balaban J connectivity index is 1.91. The SMILES string of the molecule is COc1ccc(-c2ncc(C)c(Nc3ccccc3)n2)cn1. The number of benzene rings is 1. The van der Waals surface area contributed by atoms with Gasteiger partial charge in [-0.25, -0.2) is 15.0 Å². The predicted octanol–water partition coefficient (Wildman–Crippen LogP) is 3.60. The first-order valence-electron chi connectivity index (χ1n) is 6.92. The molecule has 1 N–H and O–H groups in total. The topological polar surface area (TPSA) is 59.9 Å². The molecule has 3 rings (SSSR count). The highest BCUT2D eigenvalue weighted by Gasteiger charge is 2.07. The fraction of sp³-hybridized carbons (Fsp3) is 0.118. The van der Waals surface area contributed by atoms with Crippen molar-refractivity contribution in [3.8, 4) is 17.3 Å². The van der Waals surface area contributed by atoms with Gasteiger partial charge in [-0.3, -0.25) is 0 Å². The molecule has 22 heavy (non-hydrogen) atoms. The number of hydrogen-bond acceptors (Lipinski definition) is 5. The number of pyridine rings is 1. The molecule has 5 nitrogen and oxygen atoms in total. The number of anilines is 2. The van der Waals surface area contributed by atoms with Gasteiger partial charge >= 0.3 is 0 Å². The molecule has 0 fully saturated rings. The van der Waals surface area contributed by atoms with Crippen molar-refractivity contribution in [1.29, 1.82) is 0 Å². The Labute approximate surface area is 129 Å². The average molecular weight is 292 g/mol.